The van der Waals surface area contributed by atoms with E-state index in [4.69, 9.17) is 5.11 Å². The van der Waals surface area contributed by atoms with E-state index in [1.807, 2.05) is 0 Å². The summed E-state index contributed by atoms with van der Waals surface area (Å²) in [6.45, 7) is 0. The number of aromatic nitrogens is 2. The first-order chi connectivity index (χ1) is 8.41. The summed E-state index contributed by atoms with van der Waals surface area (Å²) in [5.41, 5.74) is -2.75. The van der Waals surface area contributed by atoms with Crippen LogP contribution in [0.1, 0.15) is 16.1 Å². The average molecular weight is 258 g/mol. The van der Waals surface area contributed by atoms with Crippen molar-refractivity contribution in [3.05, 3.63) is 35.7 Å². The molecule has 0 aromatic carbocycles. The smallest absolute Gasteiger partial charge is 0.422 e. The molecule has 0 atom stereocenters. The zero-order valence-corrected chi connectivity index (χ0v) is 8.60. The summed E-state index contributed by atoms with van der Waals surface area (Å²) in [5, 5.41) is 11.6. The SMILES string of the molecule is O=C(O)c1noc(-c2ccccn2)c1C(F)(F)F. The highest BCUT2D eigenvalue weighted by Gasteiger charge is 2.43. The van der Waals surface area contributed by atoms with E-state index >= 15 is 0 Å². The molecule has 2 rings (SSSR count). The lowest BCUT2D eigenvalue weighted by Crippen LogP contribution is -2.12. The lowest BCUT2D eigenvalue weighted by molar-refractivity contribution is -0.137. The molecule has 1 N–H and O–H groups in total. The molecule has 0 spiro atoms. The first-order valence-corrected chi connectivity index (χ1v) is 4.63. The van der Waals surface area contributed by atoms with Crippen LogP contribution in [-0.2, 0) is 6.18 Å². The Labute approximate surface area is 97.9 Å². The fourth-order valence-electron chi connectivity index (χ4n) is 1.37. The number of carboxylic acids is 1. The van der Waals surface area contributed by atoms with Gasteiger partial charge in [0.25, 0.3) is 0 Å². The van der Waals surface area contributed by atoms with Crippen molar-refractivity contribution in [3.63, 3.8) is 0 Å². The second kappa shape index (κ2) is 4.13. The molecular formula is C10H5F3N2O3. The maximum Gasteiger partial charge on any atom is 0.422 e. The van der Waals surface area contributed by atoms with Crippen molar-refractivity contribution in [3.8, 4) is 11.5 Å². The fourth-order valence-corrected chi connectivity index (χ4v) is 1.37. The minimum atomic E-state index is -4.89. The van der Waals surface area contributed by atoms with Crippen LogP contribution < -0.4 is 0 Å². The maximum atomic E-state index is 12.8. The van der Waals surface area contributed by atoms with Crippen molar-refractivity contribution in [1.29, 1.82) is 0 Å². The Morgan fingerprint density at radius 1 is 1.33 bits per heavy atom. The second-order valence-electron chi connectivity index (χ2n) is 3.25. The zero-order valence-electron chi connectivity index (χ0n) is 8.60. The van der Waals surface area contributed by atoms with Crippen LogP contribution in [0, 0.1) is 0 Å². The van der Waals surface area contributed by atoms with Crippen LogP contribution >= 0.6 is 0 Å². The summed E-state index contributed by atoms with van der Waals surface area (Å²) >= 11 is 0. The monoisotopic (exact) mass is 258 g/mol. The molecule has 0 aliphatic rings. The fraction of sp³-hybridized carbons (Fsp3) is 0.100. The van der Waals surface area contributed by atoms with Gasteiger partial charge in [-0.1, -0.05) is 11.2 Å². The number of carboxylic acid groups (broad SMARTS) is 1. The number of hydrogen-bond donors (Lipinski definition) is 1. The van der Waals surface area contributed by atoms with Crippen molar-refractivity contribution in [2.75, 3.05) is 0 Å². The van der Waals surface area contributed by atoms with Gasteiger partial charge in [-0.2, -0.15) is 13.2 Å². The third-order valence-electron chi connectivity index (χ3n) is 2.08. The minimum absolute atomic E-state index is 0.134. The van der Waals surface area contributed by atoms with Crippen LogP contribution in [0.25, 0.3) is 11.5 Å². The van der Waals surface area contributed by atoms with Crippen LogP contribution in [0.5, 0.6) is 0 Å². The van der Waals surface area contributed by atoms with Crippen molar-refractivity contribution < 1.29 is 27.6 Å². The van der Waals surface area contributed by atoms with Gasteiger partial charge in [-0.05, 0) is 12.1 Å². The molecule has 0 saturated heterocycles. The van der Waals surface area contributed by atoms with Gasteiger partial charge in [0.2, 0.25) is 5.69 Å². The molecule has 2 heterocycles. The predicted octanol–water partition coefficient (Wildman–Crippen LogP) is 2.45. The van der Waals surface area contributed by atoms with E-state index < -0.39 is 29.2 Å². The Balaban J connectivity index is 2.67. The summed E-state index contributed by atoms with van der Waals surface area (Å²) in [4.78, 5) is 14.3. The van der Waals surface area contributed by atoms with E-state index in [0.29, 0.717) is 0 Å². The molecule has 0 aliphatic heterocycles. The third kappa shape index (κ3) is 2.04. The lowest BCUT2D eigenvalue weighted by atomic mass is 10.1. The van der Waals surface area contributed by atoms with Gasteiger partial charge >= 0.3 is 12.1 Å². The molecule has 5 nitrogen and oxygen atoms in total. The largest absolute Gasteiger partial charge is 0.476 e. The molecule has 8 heteroatoms. The molecule has 0 amide bonds. The number of alkyl halides is 3. The maximum absolute atomic E-state index is 12.8. The molecule has 0 aliphatic carbocycles. The van der Waals surface area contributed by atoms with Gasteiger partial charge in [-0.25, -0.2) is 4.79 Å². The summed E-state index contributed by atoms with van der Waals surface area (Å²) < 4.78 is 42.8. The van der Waals surface area contributed by atoms with Crippen LogP contribution in [0.15, 0.2) is 28.9 Å². The third-order valence-corrected chi connectivity index (χ3v) is 2.08. The minimum Gasteiger partial charge on any atom is -0.476 e. The highest BCUT2D eigenvalue weighted by Crippen LogP contribution is 2.38. The zero-order chi connectivity index (χ0) is 13.3. The Bertz CT molecular complexity index is 578. The number of carbonyl (C=O) groups is 1. The first kappa shape index (κ1) is 12.1. The van der Waals surface area contributed by atoms with Crippen molar-refractivity contribution in [2.24, 2.45) is 0 Å². The number of hydrogen-bond acceptors (Lipinski definition) is 4. The lowest BCUT2D eigenvalue weighted by Gasteiger charge is -2.05. The van der Waals surface area contributed by atoms with Gasteiger partial charge in [0.1, 0.15) is 11.3 Å². The Hall–Kier alpha value is -2.38. The summed E-state index contributed by atoms with van der Waals surface area (Å²) in [5.74, 6) is -2.52. The standard InChI is InChI=1S/C10H5F3N2O3/c11-10(12,13)6-7(9(16)17)15-18-8(6)5-3-1-2-4-14-5/h1-4H,(H,16,17). The van der Waals surface area contributed by atoms with Gasteiger partial charge in [-0.15, -0.1) is 0 Å². The number of rotatable bonds is 2. The number of halogens is 3. The van der Waals surface area contributed by atoms with Gasteiger partial charge in [0.05, 0.1) is 0 Å². The summed E-state index contributed by atoms with van der Waals surface area (Å²) in [6, 6.07) is 4.22. The number of pyridine rings is 1. The number of aromatic carboxylic acids is 1. The summed E-state index contributed by atoms with van der Waals surface area (Å²) in [6.07, 6.45) is -3.63. The Morgan fingerprint density at radius 2 is 2.06 bits per heavy atom. The molecule has 0 fully saturated rings. The highest BCUT2D eigenvalue weighted by atomic mass is 19.4. The molecule has 2 aromatic heterocycles. The molecule has 94 valence electrons. The van der Waals surface area contributed by atoms with Crippen molar-refractivity contribution in [2.45, 2.75) is 6.18 Å². The van der Waals surface area contributed by atoms with Crippen molar-refractivity contribution in [1.82, 2.24) is 10.1 Å². The molecule has 0 bridgehead atoms. The van der Waals surface area contributed by atoms with E-state index in [9.17, 15) is 18.0 Å². The van der Waals surface area contributed by atoms with Crippen LogP contribution in [-0.4, -0.2) is 21.2 Å². The van der Waals surface area contributed by atoms with Gasteiger partial charge < -0.3 is 9.63 Å². The Morgan fingerprint density at radius 3 is 2.56 bits per heavy atom. The Kier molecular flexibility index (Phi) is 2.77. The first-order valence-electron chi connectivity index (χ1n) is 4.63. The molecule has 0 saturated carbocycles. The normalized spacial score (nSPS) is 11.5. The van der Waals surface area contributed by atoms with Crippen LogP contribution in [0.4, 0.5) is 13.2 Å². The molecule has 18 heavy (non-hydrogen) atoms. The second-order valence-corrected chi connectivity index (χ2v) is 3.25. The van der Waals surface area contributed by atoms with E-state index in [2.05, 4.69) is 14.7 Å². The topological polar surface area (TPSA) is 76.2 Å². The van der Waals surface area contributed by atoms with Crippen LogP contribution in [0.2, 0.25) is 0 Å². The number of nitrogens with zero attached hydrogens (tertiary/aromatic N) is 2. The highest BCUT2D eigenvalue weighted by molar-refractivity contribution is 5.89. The predicted molar refractivity (Wildman–Crippen MR) is 51.7 cm³/mol. The van der Waals surface area contributed by atoms with Gasteiger partial charge in [-0.3, -0.25) is 4.98 Å². The van der Waals surface area contributed by atoms with E-state index in [-0.39, 0.29) is 5.69 Å². The van der Waals surface area contributed by atoms with E-state index in [0.717, 1.165) is 0 Å². The van der Waals surface area contributed by atoms with Gasteiger partial charge in [0.15, 0.2) is 5.76 Å². The van der Waals surface area contributed by atoms with E-state index in [1.165, 1.54) is 24.4 Å². The van der Waals surface area contributed by atoms with Gasteiger partial charge in [0, 0.05) is 6.20 Å². The molecule has 0 unspecified atom stereocenters. The molecule has 2 aromatic rings. The molecule has 0 radical (unpaired) electrons. The van der Waals surface area contributed by atoms with E-state index in [1.54, 1.807) is 0 Å². The summed E-state index contributed by atoms with van der Waals surface area (Å²) in [7, 11) is 0. The average Bonchev–Trinajstić information content (AvgIpc) is 2.74. The quantitative estimate of drug-likeness (QED) is 0.895. The van der Waals surface area contributed by atoms with Crippen molar-refractivity contribution >= 4 is 5.97 Å². The van der Waals surface area contributed by atoms with Crippen LogP contribution in [0.3, 0.4) is 0 Å². The molecular weight excluding hydrogens is 253 g/mol.